The normalized spacial score (nSPS) is 28.9. The van der Waals surface area contributed by atoms with Gasteiger partial charge in [0.25, 0.3) is 0 Å². The largest absolute Gasteiger partial charge is 0.463 e. The first kappa shape index (κ1) is 11.7. The lowest BCUT2D eigenvalue weighted by Gasteiger charge is -2.06. The topological polar surface area (TPSA) is 93.1 Å². The zero-order valence-electron chi connectivity index (χ0n) is 7.96. The number of aliphatic hydroxyl groups is 2. The summed E-state index contributed by atoms with van der Waals surface area (Å²) in [4.78, 5) is 22.0. The average molecular weight is 216 g/mol. The van der Waals surface area contributed by atoms with Crippen molar-refractivity contribution in [1.82, 2.24) is 0 Å². The van der Waals surface area contributed by atoms with Crippen LogP contribution in [0.5, 0.6) is 0 Å². The summed E-state index contributed by atoms with van der Waals surface area (Å²) in [6, 6.07) is 0. The lowest BCUT2D eigenvalue weighted by molar-refractivity contribution is -0.152. The van der Waals surface area contributed by atoms with Crippen LogP contribution < -0.4 is 0 Å². The van der Waals surface area contributed by atoms with Crippen LogP contribution in [0.4, 0.5) is 0 Å². The zero-order chi connectivity index (χ0) is 11.3. The van der Waals surface area contributed by atoms with Gasteiger partial charge in [0.1, 0.15) is 0 Å². The summed E-state index contributed by atoms with van der Waals surface area (Å²) in [5.41, 5.74) is 0. The molecule has 0 saturated carbocycles. The predicted molar refractivity (Wildman–Crippen MR) is 47.7 cm³/mol. The molecular formula is C9H12O6. The Balaban J connectivity index is 2.67. The predicted octanol–water partition coefficient (Wildman–Crippen LogP) is -1.25. The summed E-state index contributed by atoms with van der Waals surface area (Å²) in [5, 5.41) is 18.3. The number of ether oxygens (including phenoxy) is 2. The van der Waals surface area contributed by atoms with Crippen LogP contribution in [0.25, 0.3) is 0 Å². The summed E-state index contributed by atoms with van der Waals surface area (Å²) in [7, 11) is 0. The molecule has 0 spiro atoms. The maximum atomic E-state index is 11.0. The van der Waals surface area contributed by atoms with E-state index in [2.05, 4.69) is 9.47 Å². The molecule has 0 aliphatic carbocycles. The van der Waals surface area contributed by atoms with Gasteiger partial charge in [0.15, 0.2) is 12.2 Å². The number of hydrogen-bond donors (Lipinski definition) is 2. The minimum atomic E-state index is -1.47. The molecule has 0 aromatic rings. The van der Waals surface area contributed by atoms with Crippen molar-refractivity contribution < 1.29 is 29.3 Å². The van der Waals surface area contributed by atoms with Gasteiger partial charge in [-0.2, -0.15) is 0 Å². The summed E-state index contributed by atoms with van der Waals surface area (Å²) in [6.07, 6.45) is -0.632. The van der Waals surface area contributed by atoms with Gasteiger partial charge < -0.3 is 19.7 Å². The molecule has 6 heteroatoms. The highest BCUT2D eigenvalue weighted by Gasteiger charge is 2.18. The molecular weight excluding hydrogens is 204 g/mol. The van der Waals surface area contributed by atoms with Crippen LogP contribution in [0.2, 0.25) is 0 Å². The van der Waals surface area contributed by atoms with Crippen LogP contribution in [0.3, 0.4) is 0 Å². The van der Waals surface area contributed by atoms with Gasteiger partial charge in [-0.15, -0.1) is 0 Å². The van der Waals surface area contributed by atoms with Crippen molar-refractivity contribution in [2.75, 3.05) is 13.2 Å². The van der Waals surface area contributed by atoms with Gasteiger partial charge in [-0.3, -0.25) is 0 Å². The quantitative estimate of drug-likeness (QED) is 0.388. The minimum absolute atomic E-state index is 0.0626. The van der Waals surface area contributed by atoms with Crippen molar-refractivity contribution in [2.24, 2.45) is 0 Å². The maximum absolute atomic E-state index is 11.0. The van der Waals surface area contributed by atoms with Gasteiger partial charge in [0.05, 0.1) is 13.2 Å². The number of hydrogen-bond acceptors (Lipinski definition) is 6. The third-order valence-electron chi connectivity index (χ3n) is 1.74. The van der Waals surface area contributed by atoms with Gasteiger partial charge in [0.2, 0.25) is 0 Å². The number of carbonyl (C=O) groups is 2. The minimum Gasteiger partial charge on any atom is -0.463 e. The molecule has 0 fully saturated rings. The number of cyclic esters (lactones) is 2. The number of rotatable bonds is 0. The van der Waals surface area contributed by atoms with Crippen LogP contribution in [0, 0.1) is 0 Å². The Kier molecular flexibility index (Phi) is 4.26. The SMILES string of the molecule is O=C1OCCCOC(=O)C(O)C=CC1O. The molecule has 15 heavy (non-hydrogen) atoms. The Morgan fingerprint density at radius 1 is 1.00 bits per heavy atom. The van der Waals surface area contributed by atoms with Crippen molar-refractivity contribution in [3.63, 3.8) is 0 Å². The summed E-state index contributed by atoms with van der Waals surface area (Å²) in [5.74, 6) is -1.62. The smallest absolute Gasteiger partial charge is 0.339 e. The molecule has 0 aromatic heterocycles. The molecule has 1 aliphatic rings. The Morgan fingerprint density at radius 2 is 1.40 bits per heavy atom. The van der Waals surface area contributed by atoms with E-state index in [0.29, 0.717) is 6.42 Å². The molecule has 1 aliphatic heterocycles. The van der Waals surface area contributed by atoms with Crippen molar-refractivity contribution in [3.8, 4) is 0 Å². The summed E-state index contributed by atoms with van der Waals surface area (Å²) < 4.78 is 9.29. The van der Waals surface area contributed by atoms with E-state index in [1.54, 1.807) is 0 Å². The second kappa shape index (κ2) is 5.47. The third kappa shape index (κ3) is 3.69. The van der Waals surface area contributed by atoms with Crippen molar-refractivity contribution in [2.45, 2.75) is 18.6 Å². The average Bonchev–Trinajstić information content (AvgIpc) is 2.24. The fraction of sp³-hybridized carbons (Fsp3) is 0.556. The van der Waals surface area contributed by atoms with E-state index < -0.39 is 24.1 Å². The monoisotopic (exact) mass is 216 g/mol. The zero-order valence-corrected chi connectivity index (χ0v) is 7.96. The second-order valence-corrected chi connectivity index (χ2v) is 2.96. The van der Waals surface area contributed by atoms with Crippen LogP contribution in [-0.2, 0) is 19.1 Å². The van der Waals surface area contributed by atoms with Crippen molar-refractivity contribution in [3.05, 3.63) is 12.2 Å². The molecule has 0 amide bonds. The highest BCUT2D eigenvalue weighted by Crippen LogP contribution is 2.00. The van der Waals surface area contributed by atoms with Crippen molar-refractivity contribution >= 4 is 11.9 Å². The Labute approximate surface area is 86.1 Å². The molecule has 2 unspecified atom stereocenters. The fourth-order valence-corrected chi connectivity index (χ4v) is 0.943. The highest BCUT2D eigenvalue weighted by molar-refractivity contribution is 5.79. The Morgan fingerprint density at radius 3 is 1.80 bits per heavy atom. The van der Waals surface area contributed by atoms with Gasteiger partial charge in [-0.05, 0) is 12.2 Å². The van der Waals surface area contributed by atoms with Crippen LogP contribution >= 0.6 is 0 Å². The van der Waals surface area contributed by atoms with Crippen LogP contribution in [0.1, 0.15) is 6.42 Å². The van der Waals surface area contributed by atoms with E-state index in [1.165, 1.54) is 0 Å². The fourth-order valence-electron chi connectivity index (χ4n) is 0.943. The van der Waals surface area contributed by atoms with E-state index in [4.69, 9.17) is 0 Å². The third-order valence-corrected chi connectivity index (χ3v) is 1.74. The maximum Gasteiger partial charge on any atom is 0.339 e. The highest BCUT2D eigenvalue weighted by atomic mass is 16.6. The molecule has 0 bridgehead atoms. The molecule has 1 rings (SSSR count). The number of carbonyl (C=O) groups excluding carboxylic acids is 2. The molecule has 2 N–H and O–H groups in total. The first-order chi connectivity index (χ1) is 7.11. The van der Waals surface area contributed by atoms with Crippen LogP contribution in [0.15, 0.2) is 12.2 Å². The molecule has 1 heterocycles. The molecule has 0 aromatic carbocycles. The standard InChI is InChI=1S/C9H12O6/c10-6-2-3-7(11)9(13)15-5-1-4-14-8(6)12/h2-3,6-7,10-11H,1,4-5H2. The Hall–Kier alpha value is -1.40. The Bertz CT molecular complexity index is 246. The van der Waals surface area contributed by atoms with Gasteiger partial charge in [0, 0.05) is 6.42 Å². The van der Waals surface area contributed by atoms with Crippen molar-refractivity contribution in [1.29, 1.82) is 0 Å². The number of esters is 2. The van der Waals surface area contributed by atoms with Gasteiger partial charge in [-0.25, -0.2) is 9.59 Å². The van der Waals surface area contributed by atoms with E-state index >= 15 is 0 Å². The molecule has 2 atom stereocenters. The molecule has 0 radical (unpaired) electrons. The van der Waals surface area contributed by atoms with E-state index in [1.807, 2.05) is 0 Å². The second-order valence-electron chi connectivity index (χ2n) is 2.96. The first-order valence-corrected chi connectivity index (χ1v) is 4.49. The first-order valence-electron chi connectivity index (χ1n) is 4.49. The van der Waals surface area contributed by atoms with Gasteiger partial charge in [-0.1, -0.05) is 0 Å². The lowest BCUT2D eigenvalue weighted by atomic mass is 10.2. The summed E-state index contributed by atoms with van der Waals surface area (Å²) >= 11 is 0. The van der Waals surface area contributed by atoms with E-state index in [0.717, 1.165) is 12.2 Å². The van der Waals surface area contributed by atoms with Gasteiger partial charge >= 0.3 is 11.9 Å². The number of aliphatic hydroxyl groups excluding tert-OH is 2. The van der Waals surface area contributed by atoms with E-state index in [9.17, 15) is 19.8 Å². The summed E-state index contributed by atoms with van der Waals surface area (Å²) in [6.45, 7) is 0.125. The lowest BCUT2D eigenvalue weighted by Crippen LogP contribution is -2.22. The molecule has 6 nitrogen and oxygen atoms in total. The molecule has 84 valence electrons. The molecule has 0 saturated heterocycles. The van der Waals surface area contributed by atoms with Crippen LogP contribution in [-0.4, -0.2) is 47.6 Å². The van der Waals surface area contributed by atoms with E-state index in [-0.39, 0.29) is 13.2 Å².